The summed E-state index contributed by atoms with van der Waals surface area (Å²) in [5.41, 5.74) is 4.68. The molecule has 3 aromatic rings. The van der Waals surface area contributed by atoms with Crippen LogP contribution in [0, 0.1) is 12.3 Å². The van der Waals surface area contributed by atoms with Crippen LogP contribution < -0.4 is 0 Å². The van der Waals surface area contributed by atoms with Gasteiger partial charge in [0, 0.05) is 34.9 Å². The van der Waals surface area contributed by atoms with Crippen LogP contribution in [0.4, 0.5) is 0 Å². The van der Waals surface area contributed by atoms with Gasteiger partial charge in [-0.3, -0.25) is 0 Å². The fraction of sp³-hybridized carbons (Fsp3) is 0.316. The van der Waals surface area contributed by atoms with E-state index in [2.05, 4.69) is 5.10 Å². The predicted octanol–water partition coefficient (Wildman–Crippen LogP) is 4.50. The van der Waals surface area contributed by atoms with E-state index in [1.807, 2.05) is 51.1 Å². The fourth-order valence-electron chi connectivity index (χ4n) is 2.98. The lowest BCUT2D eigenvalue weighted by molar-refractivity contribution is 0.572. The molecule has 0 amide bonds. The smallest absolute Gasteiger partial charge is 0.305 e. The molecule has 0 aliphatic heterocycles. The van der Waals surface area contributed by atoms with E-state index in [0.717, 1.165) is 11.3 Å². The minimum atomic E-state index is -0.557. The van der Waals surface area contributed by atoms with Crippen molar-refractivity contribution in [3.63, 3.8) is 0 Å². The number of nitrogens with zero attached hydrogens (tertiary/aromatic N) is 3. The first kappa shape index (κ1) is 18.6. The molecule has 0 aliphatic carbocycles. The van der Waals surface area contributed by atoms with Gasteiger partial charge in [0.1, 0.15) is 5.02 Å². The molecule has 0 spiro atoms. The van der Waals surface area contributed by atoms with Crippen LogP contribution in [0.25, 0.3) is 16.9 Å². The van der Waals surface area contributed by atoms with Gasteiger partial charge in [0.05, 0.1) is 23.5 Å². The number of benzene rings is 1. The number of nitrogens with one attached hydrogen (secondary N) is 1. The van der Waals surface area contributed by atoms with Crippen molar-refractivity contribution >= 4 is 34.6 Å². The van der Waals surface area contributed by atoms with E-state index in [9.17, 15) is 4.21 Å². The van der Waals surface area contributed by atoms with Gasteiger partial charge in [0.2, 0.25) is 4.75 Å². The van der Waals surface area contributed by atoms with Crippen LogP contribution in [-0.2, 0) is 22.3 Å². The lowest BCUT2D eigenvalue weighted by atomic mass is 9.96. The number of halogens is 1. The molecule has 0 radical (unpaired) electrons. The van der Waals surface area contributed by atoms with Crippen LogP contribution in [0.1, 0.15) is 37.7 Å². The Morgan fingerprint density at radius 1 is 1.31 bits per heavy atom. The average Bonchev–Trinajstić information content (AvgIpc) is 2.90. The van der Waals surface area contributed by atoms with Crippen molar-refractivity contribution in [3.8, 4) is 11.3 Å². The van der Waals surface area contributed by atoms with E-state index < -0.39 is 4.75 Å². The SMILES string of the molecule is CC(=N)c1c(-c2ccccc2)nc2c(Cl)c(C)nn2c1CC(C)(C)[S+]=O. The van der Waals surface area contributed by atoms with Crippen molar-refractivity contribution in [2.45, 2.75) is 38.9 Å². The summed E-state index contributed by atoms with van der Waals surface area (Å²) < 4.78 is 12.7. The minimum Gasteiger partial charge on any atom is -0.305 e. The molecule has 0 unspecified atom stereocenters. The molecule has 5 nitrogen and oxygen atoms in total. The van der Waals surface area contributed by atoms with Crippen LogP contribution in [0.2, 0.25) is 5.02 Å². The summed E-state index contributed by atoms with van der Waals surface area (Å²) in [5, 5.41) is 13.4. The number of hydrogen-bond donors (Lipinski definition) is 1. The second kappa shape index (κ2) is 6.85. The Hall–Kier alpha value is -2.18. The Morgan fingerprint density at radius 2 is 1.96 bits per heavy atom. The van der Waals surface area contributed by atoms with Crippen molar-refractivity contribution in [1.82, 2.24) is 14.6 Å². The van der Waals surface area contributed by atoms with Gasteiger partial charge in [-0.05, 0) is 13.8 Å². The highest BCUT2D eigenvalue weighted by Crippen LogP contribution is 2.31. The molecule has 26 heavy (non-hydrogen) atoms. The number of fused-ring (bicyclic) bond motifs is 1. The van der Waals surface area contributed by atoms with Crippen molar-refractivity contribution in [2.24, 2.45) is 0 Å². The summed E-state index contributed by atoms with van der Waals surface area (Å²) in [6.45, 7) is 7.34. The van der Waals surface area contributed by atoms with Crippen LogP contribution in [0.3, 0.4) is 0 Å². The normalized spacial score (nSPS) is 11.7. The molecule has 2 heterocycles. The van der Waals surface area contributed by atoms with Crippen molar-refractivity contribution in [2.75, 3.05) is 0 Å². The summed E-state index contributed by atoms with van der Waals surface area (Å²) in [6, 6.07) is 9.72. The average molecular weight is 388 g/mol. The minimum absolute atomic E-state index is 0.379. The third-order valence-electron chi connectivity index (χ3n) is 4.20. The van der Waals surface area contributed by atoms with Gasteiger partial charge in [-0.15, -0.1) is 0 Å². The first-order chi connectivity index (χ1) is 12.2. The molecular weight excluding hydrogens is 368 g/mol. The Morgan fingerprint density at radius 3 is 2.54 bits per heavy atom. The maximum absolute atomic E-state index is 11.6. The first-order valence-electron chi connectivity index (χ1n) is 8.25. The van der Waals surface area contributed by atoms with E-state index in [-0.39, 0.29) is 0 Å². The fourth-order valence-corrected chi connectivity index (χ4v) is 3.34. The summed E-state index contributed by atoms with van der Waals surface area (Å²) in [7, 11) is 0. The van der Waals surface area contributed by atoms with Crippen molar-refractivity contribution < 1.29 is 4.21 Å². The van der Waals surface area contributed by atoms with Gasteiger partial charge in [0.25, 0.3) is 0 Å². The van der Waals surface area contributed by atoms with Gasteiger partial charge in [-0.1, -0.05) is 41.9 Å². The lowest BCUT2D eigenvalue weighted by Gasteiger charge is -2.17. The second-order valence-electron chi connectivity index (χ2n) is 6.93. The van der Waals surface area contributed by atoms with Gasteiger partial charge < -0.3 is 5.41 Å². The number of rotatable bonds is 5. The molecule has 0 saturated carbocycles. The monoisotopic (exact) mass is 387 g/mol. The summed E-state index contributed by atoms with van der Waals surface area (Å²) in [6.07, 6.45) is 0.447. The molecule has 0 atom stereocenters. The second-order valence-corrected chi connectivity index (χ2v) is 8.58. The summed E-state index contributed by atoms with van der Waals surface area (Å²) >= 11 is 6.99. The quantitative estimate of drug-likeness (QED) is 0.517. The third kappa shape index (κ3) is 3.27. The van der Waals surface area contributed by atoms with E-state index in [4.69, 9.17) is 22.0 Å². The van der Waals surface area contributed by atoms with Gasteiger partial charge in [-0.2, -0.15) is 5.10 Å². The summed E-state index contributed by atoms with van der Waals surface area (Å²) in [4.78, 5) is 4.75. The molecule has 0 fully saturated rings. The largest absolute Gasteiger partial charge is 0.465 e. The van der Waals surface area contributed by atoms with E-state index in [1.54, 1.807) is 11.4 Å². The molecule has 0 saturated heterocycles. The topological polar surface area (TPSA) is 71.1 Å². The lowest BCUT2D eigenvalue weighted by Crippen LogP contribution is -2.25. The molecule has 0 bridgehead atoms. The zero-order chi connectivity index (χ0) is 19.1. The maximum atomic E-state index is 11.6. The maximum Gasteiger partial charge on any atom is 0.465 e. The highest BCUT2D eigenvalue weighted by Gasteiger charge is 2.36. The Balaban J connectivity index is 2.44. The van der Waals surface area contributed by atoms with Crippen LogP contribution in [0.15, 0.2) is 30.3 Å². The van der Waals surface area contributed by atoms with E-state index in [1.165, 1.54) is 0 Å². The number of aromatic nitrogens is 3. The molecule has 7 heteroatoms. The molecule has 2 aromatic heterocycles. The van der Waals surface area contributed by atoms with Crippen LogP contribution >= 0.6 is 11.6 Å². The zero-order valence-electron chi connectivity index (χ0n) is 15.1. The first-order valence-corrected chi connectivity index (χ1v) is 9.37. The Bertz CT molecular complexity index is 1010. The molecule has 0 aliphatic rings. The molecule has 134 valence electrons. The van der Waals surface area contributed by atoms with Crippen molar-refractivity contribution in [3.05, 3.63) is 52.3 Å². The van der Waals surface area contributed by atoms with Crippen LogP contribution in [0.5, 0.6) is 0 Å². The van der Waals surface area contributed by atoms with Crippen LogP contribution in [-0.4, -0.2) is 25.1 Å². The van der Waals surface area contributed by atoms with E-state index >= 15 is 0 Å². The Labute approximate surface area is 161 Å². The predicted molar refractivity (Wildman–Crippen MR) is 107 cm³/mol. The number of aryl methyl sites for hydroxylation is 1. The third-order valence-corrected chi connectivity index (χ3v) is 5.24. The van der Waals surface area contributed by atoms with E-state index in [0.29, 0.717) is 51.4 Å². The highest BCUT2D eigenvalue weighted by molar-refractivity contribution is 7.67. The van der Waals surface area contributed by atoms with Crippen molar-refractivity contribution in [1.29, 1.82) is 5.41 Å². The molecule has 1 aromatic carbocycles. The summed E-state index contributed by atoms with van der Waals surface area (Å²) in [5.74, 6) is 0. The Kier molecular flexibility index (Phi) is 4.90. The van der Waals surface area contributed by atoms with Gasteiger partial charge in [0.15, 0.2) is 5.65 Å². The van der Waals surface area contributed by atoms with Gasteiger partial charge in [-0.25, -0.2) is 9.50 Å². The van der Waals surface area contributed by atoms with Gasteiger partial charge >= 0.3 is 11.7 Å². The number of hydrogen-bond acceptors (Lipinski definition) is 4. The molecule has 3 rings (SSSR count). The molecule has 1 N–H and O–H groups in total. The highest BCUT2D eigenvalue weighted by atomic mass is 35.5. The standard InChI is InChI=1S/C19H20ClN4OS/c1-11(21)15-14(10-19(3,4)26-25)24-18(16(20)12(2)23-24)22-17(15)13-8-6-5-7-9-13/h5-9,21H,10H2,1-4H3/q+1. The molecular formula is C19H20ClN4OS+. The zero-order valence-corrected chi connectivity index (χ0v) is 16.7.